The van der Waals surface area contributed by atoms with Gasteiger partial charge < -0.3 is 5.73 Å². The van der Waals surface area contributed by atoms with Gasteiger partial charge in [-0.15, -0.1) is 0 Å². The van der Waals surface area contributed by atoms with Crippen molar-refractivity contribution in [3.05, 3.63) is 34.4 Å². The zero-order chi connectivity index (χ0) is 11.8. The lowest BCUT2D eigenvalue weighted by molar-refractivity contribution is 0.252. The molecule has 0 unspecified atom stereocenters. The highest BCUT2D eigenvalue weighted by Crippen LogP contribution is 2.44. The van der Waals surface area contributed by atoms with Crippen molar-refractivity contribution in [2.24, 2.45) is 5.73 Å². The SMILES string of the molecule is Cc1cc(C)c(C2(CN)CCC2)cc1C#N. The van der Waals surface area contributed by atoms with Crippen LogP contribution in [0.4, 0.5) is 0 Å². The molecule has 0 saturated heterocycles. The van der Waals surface area contributed by atoms with E-state index in [1.54, 1.807) is 0 Å². The van der Waals surface area contributed by atoms with E-state index in [2.05, 4.69) is 25.1 Å². The van der Waals surface area contributed by atoms with Crippen LogP contribution in [0.25, 0.3) is 0 Å². The van der Waals surface area contributed by atoms with Gasteiger partial charge in [0, 0.05) is 12.0 Å². The molecule has 1 aliphatic carbocycles. The van der Waals surface area contributed by atoms with E-state index >= 15 is 0 Å². The lowest BCUT2D eigenvalue weighted by Gasteiger charge is -2.42. The van der Waals surface area contributed by atoms with Crippen LogP contribution in [0, 0.1) is 25.2 Å². The summed E-state index contributed by atoms with van der Waals surface area (Å²) in [7, 11) is 0. The molecule has 1 aliphatic rings. The normalized spacial score (nSPS) is 17.6. The van der Waals surface area contributed by atoms with Crippen molar-refractivity contribution in [1.29, 1.82) is 5.26 Å². The van der Waals surface area contributed by atoms with E-state index in [1.165, 1.54) is 17.5 Å². The van der Waals surface area contributed by atoms with Crippen LogP contribution in [0.15, 0.2) is 12.1 Å². The molecule has 1 aromatic carbocycles. The molecule has 2 heteroatoms. The van der Waals surface area contributed by atoms with Crippen molar-refractivity contribution in [3.8, 4) is 6.07 Å². The highest BCUT2D eigenvalue weighted by Gasteiger charge is 2.38. The first-order valence-corrected chi connectivity index (χ1v) is 5.85. The minimum absolute atomic E-state index is 0.156. The molecule has 1 saturated carbocycles. The van der Waals surface area contributed by atoms with Gasteiger partial charge in [0.15, 0.2) is 0 Å². The second kappa shape index (κ2) is 3.92. The average molecular weight is 214 g/mol. The van der Waals surface area contributed by atoms with Gasteiger partial charge in [-0.05, 0) is 49.4 Å². The minimum atomic E-state index is 0.156. The summed E-state index contributed by atoms with van der Waals surface area (Å²) in [4.78, 5) is 0. The van der Waals surface area contributed by atoms with Crippen LogP contribution in [0.1, 0.15) is 41.5 Å². The highest BCUT2D eigenvalue weighted by molar-refractivity contribution is 5.47. The first kappa shape index (κ1) is 11.2. The zero-order valence-corrected chi connectivity index (χ0v) is 10.0. The van der Waals surface area contributed by atoms with Crippen LogP contribution < -0.4 is 5.73 Å². The lowest BCUT2D eigenvalue weighted by atomic mass is 9.63. The first-order chi connectivity index (χ1) is 7.63. The molecule has 0 heterocycles. The van der Waals surface area contributed by atoms with Gasteiger partial charge in [0.1, 0.15) is 0 Å². The number of hydrogen-bond acceptors (Lipinski definition) is 2. The van der Waals surface area contributed by atoms with Gasteiger partial charge in [0.2, 0.25) is 0 Å². The summed E-state index contributed by atoms with van der Waals surface area (Å²) in [6.07, 6.45) is 3.59. The Morgan fingerprint density at radius 1 is 1.31 bits per heavy atom. The monoisotopic (exact) mass is 214 g/mol. The minimum Gasteiger partial charge on any atom is -0.330 e. The summed E-state index contributed by atoms with van der Waals surface area (Å²) in [6.45, 7) is 4.81. The van der Waals surface area contributed by atoms with Crippen LogP contribution >= 0.6 is 0 Å². The fourth-order valence-corrected chi connectivity index (χ4v) is 2.73. The summed E-state index contributed by atoms with van der Waals surface area (Å²) >= 11 is 0. The van der Waals surface area contributed by atoms with Gasteiger partial charge in [-0.2, -0.15) is 5.26 Å². The molecule has 0 aromatic heterocycles. The molecule has 0 radical (unpaired) electrons. The largest absolute Gasteiger partial charge is 0.330 e. The Morgan fingerprint density at radius 2 is 2.00 bits per heavy atom. The summed E-state index contributed by atoms with van der Waals surface area (Å²) in [5.41, 5.74) is 10.5. The third-order valence-corrected chi connectivity index (χ3v) is 3.96. The number of rotatable bonds is 2. The zero-order valence-electron chi connectivity index (χ0n) is 10.0. The van der Waals surface area contributed by atoms with E-state index in [0.29, 0.717) is 6.54 Å². The van der Waals surface area contributed by atoms with Gasteiger partial charge in [-0.25, -0.2) is 0 Å². The highest BCUT2D eigenvalue weighted by atomic mass is 14.6. The van der Waals surface area contributed by atoms with Gasteiger partial charge in [0.05, 0.1) is 11.6 Å². The summed E-state index contributed by atoms with van der Waals surface area (Å²) in [6, 6.07) is 6.43. The van der Waals surface area contributed by atoms with E-state index in [9.17, 15) is 0 Å². The van der Waals surface area contributed by atoms with Crippen molar-refractivity contribution in [1.82, 2.24) is 0 Å². The molecule has 0 atom stereocenters. The number of aryl methyl sites for hydroxylation is 2. The predicted octanol–water partition coefficient (Wildman–Crippen LogP) is 2.56. The van der Waals surface area contributed by atoms with E-state index in [4.69, 9.17) is 11.0 Å². The third kappa shape index (κ3) is 1.52. The smallest absolute Gasteiger partial charge is 0.0994 e. The number of nitrogens with zero attached hydrogens (tertiary/aromatic N) is 1. The van der Waals surface area contributed by atoms with Crippen molar-refractivity contribution >= 4 is 0 Å². The Morgan fingerprint density at radius 3 is 2.44 bits per heavy atom. The molecular formula is C14H18N2. The van der Waals surface area contributed by atoms with Gasteiger partial charge >= 0.3 is 0 Å². The predicted molar refractivity (Wildman–Crippen MR) is 65.2 cm³/mol. The molecule has 2 nitrogen and oxygen atoms in total. The van der Waals surface area contributed by atoms with Crippen LogP contribution in [0.5, 0.6) is 0 Å². The van der Waals surface area contributed by atoms with Crippen LogP contribution in [-0.2, 0) is 5.41 Å². The Hall–Kier alpha value is -1.33. The van der Waals surface area contributed by atoms with Crippen molar-refractivity contribution in [2.75, 3.05) is 6.54 Å². The van der Waals surface area contributed by atoms with Gasteiger partial charge in [-0.3, -0.25) is 0 Å². The molecule has 0 aliphatic heterocycles. The second-order valence-electron chi connectivity index (χ2n) is 4.93. The Balaban J connectivity index is 2.53. The molecular weight excluding hydrogens is 196 g/mol. The number of hydrogen-bond donors (Lipinski definition) is 1. The fourth-order valence-electron chi connectivity index (χ4n) is 2.73. The van der Waals surface area contributed by atoms with Crippen molar-refractivity contribution in [3.63, 3.8) is 0 Å². The molecule has 1 aromatic rings. The fraction of sp³-hybridized carbons (Fsp3) is 0.500. The summed E-state index contributed by atoms with van der Waals surface area (Å²) in [5, 5.41) is 9.08. The van der Waals surface area contributed by atoms with Gasteiger partial charge in [-0.1, -0.05) is 12.5 Å². The van der Waals surface area contributed by atoms with Gasteiger partial charge in [0.25, 0.3) is 0 Å². The molecule has 2 rings (SSSR count). The molecule has 0 bridgehead atoms. The molecule has 0 spiro atoms. The molecule has 84 valence electrons. The van der Waals surface area contributed by atoms with E-state index in [0.717, 1.165) is 24.0 Å². The van der Waals surface area contributed by atoms with E-state index in [-0.39, 0.29) is 5.41 Å². The maximum atomic E-state index is 9.08. The Labute approximate surface area is 97.1 Å². The van der Waals surface area contributed by atoms with E-state index < -0.39 is 0 Å². The Kier molecular flexibility index (Phi) is 2.73. The number of nitrogens with two attached hydrogens (primary N) is 1. The number of nitriles is 1. The van der Waals surface area contributed by atoms with Crippen LogP contribution in [0.2, 0.25) is 0 Å². The summed E-state index contributed by atoms with van der Waals surface area (Å²) < 4.78 is 0. The second-order valence-corrected chi connectivity index (χ2v) is 4.93. The van der Waals surface area contributed by atoms with Crippen LogP contribution in [0.3, 0.4) is 0 Å². The standard InChI is InChI=1S/C14H18N2/c1-10-6-11(2)13(7-12(10)8-15)14(9-16)4-3-5-14/h6-7H,3-5,9,16H2,1-2H3. The molecule has 2 N–H and O–H groups in total. The maximum Gasteiger partial charge on any atom is 0.0994 e. The molecule has 16 heavy (non-hydrogen) atoms. The summed E-state index contributed by atoms with van der Waals surface area (Å²) in [5.74, 6) is 0. The molecule has 1 fully saturated rings. The lowest BCUT2D eigenvalue weighted by Crippen LogP contribution is -2.42. The van der Waals surface area contributed by atoms with Crippen LogP contribution in [-0.4, -0.2) is 6.54 Å². The topological polar surface area (TPSA) is 49.8 Å². The molecule has 0 amide bonds. The van der Waals surface area contributed by atoms with Crippen molar-refractivity contribution < 1.29 is 0 Å². The first-order valence-electron chi connectivity index (χ1n) is 5.85. The van der Waals surface area contributed by atoms with Crippen molar-refractivity contribution in [2.45, 2.75) is 38.5 Å². The Bertz CT molecular complexity index is 445. The maximum absolute atomic E-state index is 9.08. The number of benzene rings is 1. The third-order valence-electron chi connectivity index (χ3n) is 3.96. The van der Waals surface area contributed by atoms with E-state index in [1.807, 2.05) is 6.92 Å². The quantitative estimate of drug-likeness (QED) is 0.822. The average Bonchev–Trinajstić information content (AvgIpc) is 2.20.